The van der Waals surface area contributed by atoms with Gasteiger partial charge in [0.2, 0.25) is 0 Å². The van der Waals surface area contributed by atoms with Crippen molar-refractivity contribution < 1.29 is 9.53 Å². The van der Waals surface area contributed by atoms with Crippen molar-refractivity contribution in [3.05, 3.63) is 125 Å². The van der Waals surface area contributed by atoms with Crippen LogP contribution in [0.2, 0.25) is 0 Å². The van der Waals surface area contributed by atoms with E-state index in [1.807, 2.05) is 64.2 Å². The largest absolute Gasteiger partial charge is 0.497 e. The fraction of sp³-hybridized carbons (Fsp3) is 0.212. The Morgan fingerprint density at radius 1 is 0.950 bits per heavy atom. The number of anilines is 1. The minimum atomic E-state index is -0.360. The molecule has 0 spiro atoms. The van der Waals surface area contributed by atoms with Gasteiger partial charge in [-0.15, -0.1) is 0 Å². The van der Waals surface area contributed by atoms with E-state index in [0.29, 0.717) is 6.54 Å². The van der Waals surface area contributed by atoms with E-state index in [1.54, 1.807) is 7.11 Å². The van der Waals surface area contributed by atoms with E-state index in [9.17, 15) is 4.79 Å². The van der Waals surface area contributed by atoms with Crippen LogP contribution in [0.15, 0.2) is 97.2 Å². The number of ether oxygens (including phenoxy) is 1. The van der Waals surface area contributed by atoms with Crippen molar-refractivity contribution in [2.45, 2.75) is 39.3 Å². The number of para-hydroxylation sites is 1. The number of benzene rings is 3. The normalized spacial score (nSPS) is 14.3. The zero-order chi connectivity index (χ0) is 27.6. The van der Waals surface area contributed by atoms with Crippen molar-refractivity contribution >= 4 is 11.7 Å². The Morgan fingerprint density at radius 2 is 1.75 bits per heavy atom. The van der Waals surface area contributed by atoms with Gasteiger partial charge in [0.05, 0.1) is 36.8 Å². The summed E-state index contributed by atoms with van der Waals surface area (Å²) in [5.74, 6) is 1.70. The molecule has 0 saturated heterocycles. The summed E-state index contributed by atoms with van der Waals surface area (Å²) >= 11 is 0. The molecule has 1 aliphatic rings. The fourth-order valence-corrected chi connectivity index (χ4v) is 5.53. The number of aromatic nitrogens is 3. The summed E-state index contributed by atoms with van der Waals surface area (Å²) in [6.07, 6.45) is 3.76. The van der Waals surface area contributed by atoms with E-state index in [4.69, 9.17) is 9.84 Å². The highest BCUT2D eigenvalue weighted by molar-refractivity contribution is 5.90. The lowest BCUT2D eigenvalue weighted by Gasteiger charge is -2.31. The quantitative estimate of drug-likeness (QED) is 0.258. The van der Waals surface area contributed by atoms with Crippen molar-refractivity contribution in [2.24, 2.45) is 0 Å². The molecule has 202 valence electrons. The number of aryl methyl sites for hydroxylation is 2. The number of carbonyl (C=O) groups is 1. The molecule has 6 rings (SSSR count). The molecule has 0 fully saturated rings. The molecule has 3 aromatic carbocycles. The highest BCUT2D eigenvalue weighted by Gasteiger charge is 2.36. The summed E-state index contributed by atoms with van der Waals surface area (Å²) in [5, 5.41) is 8.21. The first kappa shape index (κ1) is 25.5. The highest BCUT2D eigenvalue weighted by atomic mass is 16.5. The lowest BCUT2D eigenvalue weighted by molar-refractivity contribution is 0.194. The van der Waals surface area contributed by atoms with Crippen LogP contribution in [-0.2, 0) is 19.4 Å². The van der Waals surface area contributed by atoms with Crippen LogP contribution in [0, 0.1) is 0 Å². The molecule has 40 heavy (non-hydrogen) atoms. The van der Waals surface area contributed by atoms with E-state index in [-0.39, 0.29) is 12.1 Å². The van der Waals surface area contributed by atoms with Crippen LogP contribution in [0.5, 0.6) is 5.75 Å². The van der Waals surface area contributed by atoms with Crippen LogP contribution in [0.1, 0.15) is 48.0 Å². The summed E-state index contributed by atoms with van der Waals surface area (Å²) in [6.45, 7) is 4.63. The molecule has 2 amide bonds. The lowest BCUT2D eigenvalue weighted by atomic mass is 10.0. The van der Waals surface area contributed by atoms with E-state index in [2.05, 4.69) is 66.3 Å². The predicted molar refractivity (Wildman–Crippen MR) is 157 cm³/mol. The number of amides is 2. The molecule has 2 aromatic heterocycles. The topological polar surface area (TPSA) is 64.3 Å². The molecule has 0 bridgehead atoms. The summed E-state index contributed by atoms with van der Waals surface area (Å²) in [4.78, 5) is 16.1. The van der Waals surface area contributed by atoms with Gasteiger partial charge in [0, 0.05) is 17.4 Å². The van der Waals surface area contributed by atoms with E-state index in [0.717, 1.165) is 58.3 Å². The molecule has 0 aliphatic carbocycles. The SMILES string of the molecule is CCc1ccc(NC(=O)N2Cc3c(CC)nn(-c4ccccc4)c3-n3cccc3[C@@H]2c2cccc(OC)c2)cc1. The monoisotopic (exact) mass is 531 g/mol. The number of nitrogens with one attached hydrogen (secondary N) is 1. The molecular formula is C33H33N5O2. The maximum atomic E-state index is 14.2. The van der Waals surface area contributed by atoms with Crippen LogP contribution in [-0.4, -0.2) is 32.4 Å². The summed E-state index contributed by atoms with van der Waals surface area (Å²) in [5.41, 5.74) is 6.92. The third-order valence-corrected chi connectivity index (χ3v) is 7.59. The van der Waals surface area contributed by atoms with Crippen LogP contribution in [0.25, 0.3) is 11.5 Å². The third-order valence-electron chi connectivity index (χ3n) is 7.59. The Balaban J connectivity index is 1.53. The Bertz CT molecular complexity index is 1640. The second kappa shape index (κ2) is 10.8. The molecule has 7 nitrogen and oxygen atoms in total. The smallest absolute Gasteiger partial charge is 0.322 e. The van der Waals surface area contributed by atoms with Gasteiger partial charge in [0.25, 0.3) is 0 Å². The Kier molecular flexibility index (Phi) is 6.86. The summed E-state index contributed by atoms with van der Waals surface area (Å²) < 4.78 is 9.77. The van der Waals surface area contributed by atoms with Gasteiger partial charge in [0.1, 0.15) is 11.6 Å². The van der Waals surface area contributed by atoms with Crippen LogP contribution < -0.4 is 10.1 Å². The predicted octanol–water partition coefficient (Wildman–Crippen LogP) is 6.93. The standard InChI is InChI=1S/C33H33N5O2/c1-4-23-16-18-25(19-17-23)34-33(39)37-22-28-29(5-2)35-38(26-12-7-6-8-13-26)32(28)36-20-10-15-30(36)31(37)24-11-9-14-27(21-24)40-3/h6-21,31H,4-5,22H2,1-3H3,(H,34,39)/t31-/m0/s1. The van der Waals surface area contributed by atoms with E-state index < -0.39 is 0 Å². The maximum Gasteiger partial charge on any atom is 0.322 e. The molecule has 1 atom stereocenters. The Labute approximate surface area is 234 Å². The van der Waals surface area contributed by atoms with Gasteiger partial charge >= 0.3 is 6.03 Å². The average Bonchev–Trinajstić information content (AvgIpc) is 3.59. The van der Waals surface area contributed by atoms with Crippen molar-refractivity contribution in [2.75, 3.05) is 12.4 Å². The first-order chi connectivity index (χ1) is 19.6. The van der Waals surface area contributed by atoms with E-state index in [1.165, 1.54) is 5.56 Å². The zero-order valence-corrected chi connectivity index (χ0v) is 23.0. The van der Waals surface area contributed by atoms with Gasteiger partial charge in [-0.1, -0.05) is 56.3 Å². The van der Waals surface area contributed by atoms with Crippen molar-refractivity contribution in [3.63, 3.8) is 0 Å². The number of hydrogen-bond acceptors (Lipinski definition) is 3. The van der Waals surface area contributed by atoms with Gasteiger partial charge in [-0.05, 0) is 72.5 Å². The average molecular weight is 532 g/mol. The van der Waals surface area contributed by atoms with Gasteiger partial charge in [-0.2, -0.15) is 5.10 Å². The molecule has 0 radical (unpaired) electrons. The van der Waals surface area contributed by atoms with Crippen molar-refractivity contribution in [1.82, 2.24) is 19.2 Å². The molecule has 0 unspecified atom stereocenters. The van der Waals surface area contributed by atoms with Crippen molar-refractivity contribution in [1.29, 1.82) is 0 Å². The number of rotatable bonds is 6. The van der Waals surface area contributed by atoms with Crippen LogP contribution >= 0.6 is 0 Å². The van der Waals surface area contributed by atoms with Gasteiger partial charge < -0.3 is 19.5 Å². The second-order valence-corrected chi connectivity index (χ2v) is 9.94. The van der Waals surface area contributed by atoms with Gasteiger partial charge in [-0.25, -0.2) is 9.48 Å². The zero-order valence-electron chi connectivity index (χ0n) is 23.0. The summed E-state index contributed by atoms with van der Waals surface area (Å²) in [7, 11) is 1.66. The van der Waals surface area contributed by atoms with Crippen LogP contribution in [0.3, 0.4) is 0 Å². The van der Waals surface area contributed by atoms with Crippen molar-refractivity contribution in [3.8, 4) is 17.3 Å². The highest BCUT2D eigenvalue weighted by Crippen LogP contribution is 2.39. The molecule has 1 N–H and O–H groups in total. The fourth-order valence-electron chi connectivity index (χ4n) is 5.53. The first-order valence-electron chi connectivity index (χ1n) is 13.8. The maximum absolute atomic E-state index is 14.2. The lowest BCUT2D eigenvalue weighted by Crippen LogP contribution is -2.38. The van der Waals surface area contributed by atoms with E-state index >= 15 is 0 Å². The Hall–Kier alpha value is -4.78. The number of hydrogen-bond donors (Lipinski definition) is 1. The van der Waals surface area contributed by atoms with Gasteiger partial charge in [0.15, 0.2) is 0 Å². The number of carbonyl (C=O) groups excluding carboxylic acids is 1. The Morgan fingerprint density at radius 3 is 2.48 bits per heavy atom. The number of urea groups is 1. The molecular weight excluding hydrogens is 498 g/mol. The summed E-state index contributed by atoms with van der Waals surface area (Å²) in [6, 6.07) is 29.8. The van der Waals surface area contributed by atoms with Gasteiger partial charge in [-0.3, -0.25) is 0 Å². The molecule has 3 heterocycles. The number of fused-ring (bicyclic) bond motifs is 3. The molecule has 7 heteroatoms. The number of nitrogens with zero attached hydrogens (tertiary/aromatic N) is 4. The van der Waals surface area contributed by atoms with Crippen LogP contribution in [0.4, 0.5) is 10.5 Å². The molecule has 1 aliphatic heterocycles. The minimum absolute atomic E-state index is 0.174. The number of methoxy groups -OCH3 is 1. The minimum Gasteiger partial charge on any atom is -0.497 e. The first-order valence-corrected chi connectivity index (χ1v) is 13.8. The molecule has 5 aromatic rings. The third kappa shape index (κ3) is 4.53. The second-order valence-electron chi connectivity index (χ2n) is 9.94. The molecule has 0 saturated carbocycles.